The van der Waals surface area contributed by atoms with Crippen LogP contribution in [0.4, 0.5) is 0 Å². The van der Waals surface area contributed by atoms with E-state index in [1.54, 1.807) is 0 Å². The van der Waals surface area contributed by atoms with E-state index in [0.29, 0.717) is 5.75 Å². The van der Waals surface area contributed by atoms with Crippen LogP contribution in [0.25, 0.3) is 0 Å². The first-order valence-corrected chi connectivity index (χ1v) is 9.51. The summed E-state index contributed by atoms with van der Waals surface area (Å²) in [5.74, 6) is 1.54. The highest BCUT2D eigenvalue weighted by molar-refractivity contribution is 7.92. The van der Waals surface area contributed by atoms with Crippen LogP contribution in [0.15, 0.2) is 12.4 Å². The van der Waals surface area contributed by atoms with E-state index < -0.39 is 11.2 Å². The normalized spacial score (nSPS) is 28.7. The average Bonchev–Trinajstić information content (AvgIpc) is 2.44. The van der Waals surface area contributed by atoms with Crippen LogP contribution in [0.5, 0.6) is 0 Å². The molecule has 1 saturated carbocycles. The van der Waals surface area contributed by atoms with Gasteiger partial charge in [0.15, 0.2) is 0 Å². The zero-order valence-electron chi connectivity index (χ0n) is 14.8. The van der Waals surface area contributed by atoms with Gasteiger partial charge in [-0.3, -0.25) is 0 Å². The lowest BCUT2D eigenvalue weighted by Gasteiger charge is -2.50. The standard InChI is InChI=1S/C18H27N3OS/c1-14-9-20-15(21-10-14)18(11-17(5,12-18)13-19)7-6-8-23(22)16(2,3)4/h9-10H,6-8,11-12H2,1-5H3/t17?,18?,23-/m0/s1. The number of aryl methyl sites for hydroxylation is 1. The number of hydrogen-bond acceptors (Lipinski definition) is 4. The van der Waals surface area contributed by atoms with Gasteiger partial charge in [-0.25, -0.2) is 9.97 Å². The second kappa shape index (κ2) is 6.41. The molecule has 1 fully saturated rings. The zero-order valence-corrected chi connectivity index (χ0v) is 15.7. The smallest absolute Gasteiger partial charge is 0.134 e. The topological polar surface area (TPSA) is 72.6 Å². The molecule has 0 N–H and O–H groups in total. The van der Waals surface area contributed by atoms with E-state index in [0.717, 1.165) is 37.1 Å². The van der Waals surface area contributed by atoms with E-state index in [1.165, 1.54) is 0 Å². The van der Waals surface area contributed by atoms with Crippen molar-refractivity contribution in [2.24, 2.45) is 5.41 Å². The van der Waals surface area contributed by atoms with E-state index >= 15 is 0 Å². The van der Waals surface area contributed by atoms with Crippen molar-refractivity contribution in [2.75, 3.05) is 5.75 Å². The van der Waals surface area contributed by atoms with Crippen molar-refractivity contribution in [1.82, 2.24) is 9.97 Å². The second-order valence-corrected chi connectivity index (χ2v) is 10.5. The van der Waals surface area contributed by atoms with Gasteiger partial charge >= 0.3 is 0 Å². The van der Waals surface area contributed by atoms with Gasteiger partial charge in [0.05, 0.1) is 11.5 Å². The molecule has 1 heterocycles. The maximum Gasteiger partial charge on any atom is 0.134 e. The third-order valence-corrected chi connectivity index (χ3v) is 6.68. The largest absolute Gasteiger partial charge is 0.616 e. The van der Waals surface area contributed by atoms with Crippen LogP contribution in [0.2, 0.25) is 0 Å². The summed E-state index contributed by atoms with van der Waals surface area (Å²) in [6.45, 7) is 10.0. The Labute approximate surface area is 142 Å². The van der Waals surface area contributed by atoms with Crippen molar-refractivity contribution in [3.05, 3.63) is 23.8 Å². The Morgan fingerprint density at radius 3 is 2.35 bits per heavy atom. The van der Waals surface area contributed by atoms with E-state index in [-0.39, 0.29) is 15.6 Å². The highest BCUT2D eigenvalue weighted by Crippen LogP contribution is 2.56. The minimum absolute atomic E-state index is 0.125. The maximum absolute atomic E-state index is 12.2. The van der Waals surface area contributed by atoms with Crippen LogP contribution in [0.3, 0.4) is 0 Å². The molecule has 1 aromatic rings. The summed E-state index contributed by atoms with van der Waals surface area (Å²) in [4.78, 5) is 9.04. The third-order valence-electron chi connectivity index (χ3n) is 4.65. The van der Waals surface area contributed by atoms with Gasteiger partial charge in [-0.05, 0) is 77.0 Å². The molecule has 1 aliphatic rings. The molecular weight excluding hydrogens is 306 g/mol. The molecule has 0 aliphatic heterocycles. The number of nitrogens with zero attached hydrogens (tertiary/aromatic N) is 3. The molecule has 4 nitrogen and oxygen atoms in total. The fraction of sp³-hybridized carbons (Fsp3) is 0.722. The monoisotopic (exact) mass is 333 g/mol. The van der Waals surface area contributed by atoms with Crippen LogP contribution in [0, 0.1) is 23.7 Å². The zero-order chi connectivity index (χ0) is 17.3. The fourth-order valence-electron chi connectivity index (χ4n) is 3.48. The van der Waals surface area contributed by atoms with Crippen molar-refractivity contribution in [3.63, 3.8) is 0 Å². The Morgan fingerprint density at radius 2 is 1.87 bits per heavy atom. The molecule has 1 aromatic heterocycles. The lowest BCUT2D eigenvalue weighted by Crippen LogP contribution is -2.48. The minimum Gasteiger partial charge on any atom is -0.616 e. The Balaban J connectivity index is 2.08. The van der Waals surface area contributed by atoms with E-state index in [1.807, 2.05) is 47.0 Å². The summed E-state index contributed by atoms with van der Waals surface area (Å²) >= 11 is -0.837. The predicted molar refractivity (Wildman–Crippen MR) is 93.4 cm³/mol. The van der Waals surface area contributed by atoms with Gasteiger partial charge in [-0.2, -0.15) is 5.26 Å². The van der Waals surface area contributed by atoms with Crippen LogP contribution >= 0.6 is 0 Å². The van der Waals surface area contributed by atoms with Crippen molar-refractivity contribution in [1.29, 1.82) is 5.26 Å². The van der Waals surface area contributed by atoms with Crippen LogP contribution < -0.4 is 0 Å². The molecule has 0 saturated heterocycles. The molecule has 0 bridgehead atoms. The lowest BCUT2D eigenvalue weighted by atomic mass is 9.52. The number of rotatable bonds is 5. The lowest BCUT2D eigenvalue weighted by molar-refractivity contribution is 0.0745. The fourth-order valence-corrected chi connectivity index (χ4v) is 4.50. The van der Waals surface area contributed by atoms with E-state index in [9.17, 15) is 9.81 Å². The molecule has 0 amide bonds. The highest BCUT2D eigenvalue weighted by atomic mass is 32.2. The average molecular weight is 334 g/mol. The summed E-state index contributed by atoms with van der Waals surface area (Å²) in [6, 6.07) is 2.42. The number of hydrogen-bond donors (Lipinski definition) is 0. The van der Waals surface area contributed by atoms with E-state index in [4.69, 9.17) is 0 Å². The number of nitriles is 1. The molecule has 23 heavy (non-hydrogen) atoms. The van der Waals surface area contributed by atoms with Gasteiger partial charge in [0.2, 0.25) is 0 Å². The molecule has 2 rings (SSSR count). The van der Waals surface area contributed by atoms with Gasteiger partial charge in [-0.15, -0.1) is 0 Å². The molecule has 0 unspecified atom stereocenters. The van der Waals surface area contributed by atoms with Crippen molar-refractivity contribution >= 4 is 11.2 Å². The van der Waals surface area contributed by atoms with Gasteiger partial charge < -0.3 is 4.55 Å². The van der Waals surface area contributed by atoms with Gasteiger partial charge in [0, 0.05) is 17.8 Å². The maximum atomic E-state index is 12.2. The second-order valence-electron chi connectivity index (χ2n) is 8.16. The predicted octanol–water partition coefficient (Wildman–Crippen LogP) is 3.67. The van der Waals surface area contributed by atoms with Crippen LogP contribution in [-0.2, 0) is 16.6 Å². The van der Waals surface area contributed by atoms with Gasteiger partial charge in [0.25, 0.3) is 0 Å². The Bertz CT molecular complexity index is 580. The van der Waals surface area contributed by atoms with Crippen LogP contribution in [-0.4, -0.2) is 25.0 Å². The summed E-state index contributed by atoms with van der Waals surface area (Å²) in [7, 11) is 0. The molecular formula is C18H27N3OS. The Hall–Kier alpha value is -1.12. The van der Waals surface area contributed by atoms with Gasteiger partial charge in [0.1, 0.15) is 16.3 Å². The molecule has 126 valence electrons. The molecule has 0 radical (unpaired) electrons. The van der Waals surface area contributed by atoms with E-state index in [2.05, 4.69) is 16.0 Å². The molecule has 0 spiro atoms. The number of aromatic nitrogens is 2. The Kier molecular flexibility index (Phi) is 5.08. The first-order valence-electron chi connectivity index (χ1n) is 8.19. The molecule has 1 atom stereocenters. The summed E-state index contributed by atoms with van der Waals surface area (Å²) in [6.07, 6.45) is 7.06. The minimum atomic E-state index is -0.837. The van der Waals surface area contributed by atoms with Crippen LogP contribution in [0.1, 0.15) is 64.8 Å². The van der Waals surface area contributed by atoms with Crippen molar-refractivity contribution in [2.45, 2.75) is 70.5 Å². The summed E-state index contributed by atoms with van der Waals surface area (Å²) in [5, 5.41) is 9.35. The summed E-state index contributed by atoms with van der Waals surface area (Å²) in [5.41, 5.74) is 0.637. The first-order chi connectivity index (χ1) is 10.6. The molecule has 5 heteroatoms. The van der Waals surface area contributed by atoms with Crippen molar-refractivity contribution < 1.29 is 4.55 Å². The Morgan fingerprint density at radius 1 is 1.30 bits per heavy atom. The highest BCUT2D eigenvalue weighted by Gasteiger charge is 2.54. The van der Waals surface area contributed by atoms with Gasteiger partial charge in [-0.1, -0.05) is 0 Å². The van der Waals surface area contributed by atoms with Crippen molar-refractivity contribution in [3.8, 4) is 6.07 Å². The third kappa shape index (κ3) is 4.05. The molecule has 0 aromatic carbocycles. The summed E-state index contributed by atoms with van der Waals surface area (Å²) < 4.78 is 12.1. The SMILES string of the molecule is Cc1cnc(C2(CCC[S@+]([O-])C(C)(C)C)CC(C)(C#N)C2)nc1. The molecule has 1 aliphatic carbocycles. The quantitative estimate of drug-likeness (QED) is 0.771. The first kappa shape index (κ1) is 18.2.